The molecule has 2 N–H and O–H groups in total. The second-order valence-electron chi connectivity index (χ2n) is 9.14. The number of ether oxygens (including phenoxy) is 3. The number of carbonyl (C=O) groups is 1. The molecule has 1 aliphatic carbocycles. The van der Waals surface area contributed by atoms with Crippen molar-refractivity contribution in [2.24, 2.45) is 0 Å². The average molecular weight is 563 g/mol. The van der Waals surface area contributed by atoms with Gasteiger partial charge >= 0.3 is 0 Å². The number of hydrogen-bond acceptors (Lipinski definition) is 6. The summed E-state index contributed by atoms with van der Waals surface area (Å²) in [7, 11) is 1.66. The summed E-state index contributed by atoms with van der Waals surface area (Å²) in [6.07, 6.45) is 1.17. The lowest BCUT2D eigenvalue weighted by Gasteiger charge is -2.30. The van der Waals surface area contributed by atoms with Crippen LogP contribution >= 0.6 is 15.9 Å². The number of allylic oxidation sites excluding steroid dienone is 1. The van der Waals surface area contributed by atoms with Gasteiger partial charge in [0.1, 0.15) is 5.75 Å². The molecule has 0 bridgehead atoms. The van der Waals surface area contributed by atoms with Crippen molar-refractivity contribution in [3.05, 3.63) is 87.5 Å². The lowest BCUT2D eigenvalue weighted by molar-refractivity contribution is -0.116. The Morgan fingerprint density at radius 3 is 2.35 bits per heavy atom. The summed E-state index contributed by atoms with van der Waals surface area (Å²) in [5.74, 6) is 2.35. The number of halogens is 1. The Labute approximate surface area is 226 Å². The van der Waals surface area contributed by atoms with Gasteiger partial charge in [-0.1, -0.05) is 24.3 Å². The maximum absolute atomic E-state index is 13.9. The third kappa shape index (κ3) is 5.05. The van der Waals surface area contributed by atoms with E-state index in [1.807, 2.05) is 62.4 Å². The summed E-state index contributed by atoms with van der Waals surface area (Å²) in [4.78, 5) is 13.9. The first-order valence-corrected chi connectivity index (χ1v) is 13.4. The van der Waals surface area contributed by atoms with Gasteiger partial charge in [-0.2, -0.15) is 0 Å². The van der Waals surface area contributed by atoms with Crippen molar-refractivity contribution in [3.8, 4) is 17.2 Å². The highest BCUT2D eigenvalue weighted by Crippen LogP contribution is 2.47. The van der Waals surface area contributed by atoms with E-state index in [0.717, 1.165) is 50.4 Å². The van der Waals surface area contributed by atoms with Crippen molar-refractivity contribution in [2.75, 3.05) is 31.0 Å². The molecule has 2 unspecified atom stereocenters. The number of carbonyl (C=O) groups excluding carboxylic acids is 1. The summed E-state index contributed by atoms with van der Waals surface area (Å²) in [6, 6.07) is 19.8. The minimum atomic E-state index is -0.346. The normalized spacial score (nSPS) is 18.6. The molecular weight excluding hydrogens is 532 g/mol. The standard InChI is InChI=1S/C30H31BrN2O4/c1-4-36-27-17-20(14-22(31)30(27)37-5-2)29-28-25(32-23-8-6-7-9-24(23)33-29)15-19(16-26(28)34)18-10-12-21(35-3)13-11-18/h6-14,17,19,29,32-33H,4-5,15-16H2,1-3H3. The molecule has 3 aromatic rings. The van der Waals surface area contributed by atoms with Crippen LogP contribution in [-0.2, 0) is 4.79 Å². The number of hydrogen-bond donors (Lipinski definition) is 2. The van der Waals surface area contributed by atoms with Gasteiger partial charge in [-0.05, 0) is 89.6 Å². The number of fused-ring (bicyclic) bond motifs is 1. The zero-order chi connectivity index (χ0) is 25.9. The number of methoxy groups -OCH3 is 1. The first kappa shape index (κ1) is 25.2. The van der Waals surface area contributed by atoms with Crippen LogP contribution in [0.15, 0.2) is 76.4 Å². The van der Waals surface area contributed by atoms with Crippen molar-refractivity contribution < 1.29 is 19.0 Å². The van der Waals surface area contributed by atoms with Crippen LogP contribution < -0.4 is 24.8 Å². The van der Waals surface area contributed by atoms with Gasteiger partial charge in [0.25, 0.3) is 0 Å². The van der Waals surface area contributed by atoms with Crippen LogP contribution in [0.25, 0.3) is 0 Å². The zero-order valence-electron chi connectivity index (χ0n) is 21.3. The highest BCUT2D eigenvalue weighted by atomic mass is 79.9. The Kier molecular flexibility index (Phi) is 7.42. The first-order valence-electron chi connectivity index (χ1n) is 12.6. The van der Waals surface area contributed by atoms with E-state index in [2.05, 4.69) is 38.7 Å². The van der Waals surface area contributed by atoms with Gasteiger partial charge in [0.15, 0.2) is 17.3 Å². The van der Waals surface area contributed by atoms with Gasteiger partial charge in [0.2, 0.25) is 0 Å². The second-order valence-corrected chi connectivity index (χ2v) is 9.99. The topological polar surface area (TPSA) is 68.8 Å². The van der Waals surface area contributed by atoms with Crippen molar-refractivity contribution >= 4 is 33.1 Å². The number of nitrogens with one attached hydrogen (secondary N) is 2. The molecular formula is C30H31BrN2O4. The Bertz CT molecular complexity index is 1340. The maximum atomic E-state index is 13.9. The van der Waals surface area contributed by atoms with E-state index in [1.54, 1.807) is 7.11 Å². The van der Waals surface area contributed by atoms with E-state index in [0.29, 0.717) is 31.1 Å². The van der Waals surface area contributed by atoms with Gasteiger partial charge in [0, 0.05) is 17.7 Å². The van der Waals surface area contributed by atoms with E-state index < -0.39 is 0 Å². The summed E-state index contributed by atoms with van der Waals surface area (Å²) in [6.45, 7) is 4.93. The molecule has 0 amide bonds. The predicted molar refractivity (Wildman–Crippen MR) is 150 cm³/mol. The summed E-state index contributed by atoms with van der Waals surface area (Å²) in [5.41, 5.74) is 5.67. The zero-order valence-corrected chi connectivity index (χ0v) is 22.9. The molecule has 2 atom stereocenters. The van der Waals surface area contributed by atoms with Crippen LogP contribution in [0.4, 0.5) is 11.4 Å². The Morgan fingerprint density at radius 1 is 0.919 bits per heavy atom. The second kappa shape index (κ2) is 10.9. The van der Waals surface area contributed by atoms with E-state index in [4.69, 9.17) is 14.2 Å². The Morgan fingerprint density at radius 2 is 1.65 bits per heavy atom. The van der Waals surface area contributed by atoms with Gasteiger partial charge in [0.05, 0.1) is 42.2 Å². The van der Waals surface area contributed by atoms with Crippen molar-refractivity contribution in [3.63, 3.8) is 0 Å². The monoisotopic (exact) mass is 562 g/mol. The molecule has 0 spiro atoms. The molecule has 1 heterocycles. The molecule has 0 aromatic heterocycles. The molecule has 37 heavy (non-hydrogen) atoms. The summed E-state index contributed by atoms with van der Waals surface area (Å²) >= 11 is 3.68. The molecule has 0 saturated carbocycles. The van der Waals surface area contributed by atoms with Crippen LogP contribution in [0.5, 0.6) is 17.2 Å². The SMILES string of the molecule is CCOc1cc(C2Nc3ccccc3NC3=C2C(=O)CC(c2ccc(OC)cc2)C3)cc(Br)c1OCC. The van der Waals surface area contributed by atoms with E-state index >= 15 is 0 Å². The number of Topliss-reactive ketones (excluding diaryl/α,β-unsaturated/α-hetero) is 1. The molecule has 3 aromatic carbocycles. The first-order chi connectivity index (χ1) is 18.0. The largest absolute Gasteiger partial charge is 0.497 e. The number of ketones is 1. The van der Waals surface area contributed by atoms with E-state index in [-0.39, 0.29) is 17.7 Å². The minimum absolute atomic E-state index is 0.0848. The fourth-order valence-corrected chi connectivity index (χ4v) is 5.73. The molecule has 0 saturated heterocycles. The summed E-state index contributed by atoms with van der Waals surface area (Å²) in [5, 5.41) is 7.25. The fourth-order valence-electron chi connectivity index (χ4n) is 5.16. The molecule has 2 aliphatic rings. The van der Waals surface area contributed by atoms with Gasteiger partial charge in [-0.25, -0.2) is 0 Å². The quantitative estimate of drug-likeness (QED) is 0.316. The van der Waals surface area contributed by atoms with Crippen LogP contribution in [0.1, 0.15) is 49.8 Å². The Hall–Kier alpha value is -3.45. The van der Waals surface area contributed by atoms with Gasteiger partial charge in [-0.3, -0.25) is 4.79 Å². The molecule has 0 fully saturated rings. The Balaban J connectivity index is 1.60. The molecule has 7 heteroatoms. The van der Waals surface area contributed by atoms with E-state index in [1.165, 1.54) is 0 Å². The van der Waals surface area contributed by atoms with Gasteiger partial charge < -0.3 is 24.8 Å². The number of rotatable bonds is 7. The number of benzene rings is 3. The van der Waals surface area contributed by atoms with Crippen molar-refractivity contribution in [2.45, 2.75) is 38.6 Å². The maximum Gasteiger partial charge on any atom is 0.175 e. The molecule has 1 aliphatic heterocycles. The molecule has 192 valence electrons. The average Bonchev–Trinajstić information content (AvgIpc) is 3.07. The smallest absolute Gasteiger partial charge is 0.175 e. The highest BCUT2D eigenvalue weighted by molar-refractivity contribution is 9.10. The lowest BCUT2D eigenvalue weighted by Crippen LogP contribution is -2.27. The van der Waals surface area contributed by atoms with E-state index in [9.17, 15) is 4.79 Å². The van der Waals surface area contributed by atoms with Crippen LogP contribution in [0.2, 0.25) is 0 Å². The lowest BCUT2D eigenvalue weighted by atomic mass is 9.78. The van der Waals surface area contributed by atoms with Crippen LogP contribution in [0, 0.1) is 0 Å². The summed E-state index contributed by atoms with van der Waals surface area (Å²) < 4.78 is 17.9. The third-order valence-corrected chi connectivity index (χ3v) is 7.44. The third-order valence-electron chi connectivity index (χ3n) is 6.85. The van der Waals surface area contributed by atoms with Gasteiger partial charge in [-0.15, -0.1) is 0 Å². The molecule has 5 rings (SSSR count). The van der Waals surface area contributed by atoms with Crippen LogP contribution in [0.3, 0.4) is 0 Å². The fraction of sp³-hybridized carbons (Fsp3) is 0.300. The number of anilines is 2. The van der Waals surface area contributed by atoms with Crippen LogP contribution in [-0.4, -0.2) is 26.1 Å². The van der Waals surface area contributed by atoms with Crippen molar-refractivity contribution in [1.82, 2.24) is 0 Å². The van der Waals surface area contributed by atoms with Crippen molar-refractivity contribution in [1.29, 1.82) is 0 Å². The molecule has 0 radical (unpaired) electrons. The highest BCUT2D eigenvalue weighted by Gasteiger charge is 2.36. The predicted octanol–water partition coefficient (Wildman–Crippen LogP) is 7.23. The number of para-hydroxylation sites is 2. The molecule has 6 nitrogen and oxygen atoms in total. The minimum Gasteiger partial charge on any atom is -0.497 e.